The summed E-state index contributed by atoms with van der Waals surface area (Å²) in [5, 5.41) is 3.44. The normalized spacial score (nSPS) is 16.0. The van der Waals surface area contributed by atoms with E-state index in [0.717, 1.165) is 29.5 Å². The van der Waals surface area contributed by atoms with Crippen molar-refractivity contribution in [2.75, 3.05) is 12.4 Å². The summed E-state index contributed by atoms with van der Waals surface area (Å²) in [7, 11) is 0. The molecule has 0 saturated heterocycles. The second-order valence-corrected chi connectivity index (χ2v) is 7.43. The number of aliphatic imine (C=N–C) groups is 1. The van der Waals surface area contributed by atoms with Crippen LogP contribution in [0.4, 0.5) is 8.78 Å². The van der Waals surface area contributed by atoms with Gasteiger partial charge in [-0.1, -0.05) is 42.1 Å². The Balaban J connectivity index is 1.82. The van der Waals surface area contributed by atoms with Crippen molar-refractivity contribution in [3.63, 3.8) is 0 Å². The Labute approximate surface area is 177 Å². The molecule has 30 heavy (non-hydrogen) atoms. The molecular weight excluding hydrogens is 410 g/mol. The fourth-order valence-electron chi connectivity index (χ4n) is 3.00. The number of hydrogen-bond donors (Lipinski definition) is 1. The predicted octanol–water partition coefficient (Wildman–Crippen LogP) is 4.42. The van der Waals surface area contributed by atoms with Gasteiger partial charge in [0.2, 0.25) is 0 Å². The Morgan fingerprint density at radius 3 is 2.57 bits per heavy atom. The number of Topliss-reactive ketones (excluding diaryl/α,β-unsaturated/α-hetero) is 1. The largest absolute Gasteiger partial charge is 0.463 e. The maximum atomic E-state index is 13.8. The van der Waals surface area contributed by atoms with Crippen LogP contribution in [0.2, 0.25) is 0 Å². The maximum Gasteiger partial charge on any atom is 0.338 e. The lowest BCUT2D eigenvalue weighted by atomic mass is 9.97. The van der Waals surface area contributed by atoms with E-state index in [9.17, 15) is 18.4 Å². The van der Waals surface area contributed by atoms with E-state index in [1.807, 2.05) is 30.3 Å². The van der Waals surface area contributed by atoms with Crippen molar-refractivity contribution >= 4 is 28.7 Å². The molecule has 0 saturated carbocycles. The summed E-state index contributed by atoms with van der Waals surface area (Å²) in [6, 6.07) is 11.5. The van der Waals surface area contributed by atoms with E-state index >= 15 is 0 Å². The first kappa shape index (κ1) is 21.7. The van der Waals surface area contributed by atoms with Gasteiger partial charge in [0.25, 0.3) is 0 Å². The molecule has 8 heteroatoms. The average Bonchev–Trinajstić information content (AvgIpc) is 2.72. The third-order valence-corrected chi connectivity index (χ3v) is 5.29. The molecule has 0 fully saturated rings. The number of carbonyl (C=O) groups excluding carboxylic acids is 2. The summed E-state index contributed by atoms with van der Waals surface area (Å²) in [5.74, 6) is -2.70. The van der Waals surface area contributed by atoms with Crippen molar-refractivity contribution in [2.24, 2.45) is 4.99 Å². The van der Waals surface area contributed by atoms with Gasteiger partial charge in [-0.15, -0.1) is 0 Å². The van der Waals surface area contributed by atoms with Crippen LogP contribution in [-0.2, 0) is 9.53 Å². The lowest BCUT2D eigenvalue weighted by Gasteiger charge is -2.25. The van der Waals surface area contributed by atoms with Gasteiger partial charge in [0.05, 0.1) is 23.5 Å². The number of allylic oxidation sites excluding steroid dienone is 1. The van der Waals surface area contributed by atoms with Crippen LogP contribution in [0, 0.1) is 11.6 Å². The Morgan fingerprint density at radius 1 is 1.17 bits per heavy atom. The molecule has 0 radical (unpaired) electrons. The van der Waals surface area contributed by atoms with Crippen molar-refractivity contribution in [3.8, 4) is 0 Å². The standard InChI is InChI=1S/C22H20F2N2O3S/c1-3-29-21(28)19-13(2)25-22(26-20(19)14-7-5-4-6-8-14)30-12-18(27)16-10-9-15(23)11-17(16)24/h4-11,20H,3,12H2,1-2H3,(H,25,26)/t20-/m0/s1. The number of ketones is 1. The van der Waals surface area contributed by atoms with E-state index in [0.29, 0.717) is 22.5 Å². The number of halogens is 2. The molecule has 0 amide bonds. The van der Waals surface area contributed by atoms with Gasteiger partial charge in [0, 0.05) is 11.8 Å². The van der Waals surface area contributed by atoms with Crippen molar-refractivity contribution in [1.29, 1.82) is 0 Å². The fourth-order valence-corrected chi connectivity index (χ4v) is 3.83. The molecule has 2 aromatic rings. The van der Waals surface area contributed by atoms with E-state index in [2.05, 4.69) is 10.3 Å². The first-order valence-electron chi connectivity index (χ1n) is 9.29. The minimum absolute atomic E-state index is 0.0993. The van der Waals surface area contributed by atoms with Crippen LogP contribution in [0.25, 0.3) is 0 Å². The Morgan fingerprint density at radius 2 is 1.90 bits per heavy atom. The van der Waals surface area contributed by atoms with Crippen molar-refractivity contribution in [1.82, 2.24) is 5.32 Å². The molecular formula is C22H20F2N2O3S. The number of amidine groups is 1. The van der Waals surface area contributed by atoms with Gasteiger partial charge in [-0.2, -0.15) is 0 Å². The number of carbonyl (C=O) groups is 2. The molecule has 0 aliphatic carbocycles. The number of esters is 1. The van der Waals surface area contributed by atoms with Gasteiger partial charge < -0.3 is 10.1 Å². The first-order valence-corrected chi connectivity index (χ1v) is 10.3. The molecule has 156 valence electrons. The molecule has 0 bridgehead atoms. The van der Waals surface area contributed by atoms with Crippen LogP contribution in [0.3, 0.4) is 0 Å². The van der Waals surface area contributed by atoms with Crippen LogP contribution in [0.15, 0.2) is 64.8 Å². The first-order chi connectivity index (χ1) is 14.4. The average molecular weight is 430 g/mol. The number of nitrogens with one attached hydrogen (secondary N) is 1. The van der Waals surface area contributed by atoms with Crippen LogP contribution >= 0.6 is 11.8 Å². The SMILES string of the molecule is CCOC(=O)C1=C(C)NC(SCC(=O)c2ccc(F)cc2F)=N[C@H]1c1ccccc1. The molecule has 1 heterocycles. The van der Waals surface area contributed by atoms with Crippen LogP contribution in [-0.4, -0.2) is 29.3 Å². The number of ether oxygens (including phenoxy) is 1. The van der Waals surface area contributed by atoms with Gasteiger partial charge in [0.15, 0.2) is 11.0 Å². The van der Waals surface area contributed by atoms with Crippen LogP contribution in [0.1, 0.15) is 35.8 Å². The molecule has 0 spiro atoms. The summed E-state index contributed by atoms with van der Waals surface area (Å²) in [5.41, 5.74) is 1.58. The van der Waals surface area contributed by atoms with Crippen molar-refractivity contribution in [3.05, 3.63) is 82.6 Å². The Bertz CT molecular complexity index is 1020. The zero-order valence-electron chi connectivity index (χ0n) is 16.4. The summed E-state index contributed by atoms with van der Waals surface area (Å²) in [6.07, 6.45) is 0. The zero-order valence-corrected chi connectivity index (χ0v) is 17.3. The molecule has 1 aliphatic heterocycles. The number of nitrogens with zero attached hydrogens (tertiary/aromatic N) is 1. The summed E-state index contributed by atoms with van der Waals surface area (Å²) < 4.78 is 32.1. The van der Waals surface area contributed by atoms with E-state index < -0.39 is 29.4 Å². The molecule has 1 atom stereocenters. The highest BCUT2D eigenvalue weighted by molar-refractivity contribution is 8.14. The number of thioether (sulfide) groups is 1. The molecule has 3 rings (SSSR count). The van der Waals surface area contributed by atoms with Crippen molar-refractivity contribution < 1.29 is 23.1 Å². The van der Waals surface area contributed by atoms with Gasteiger partial charge in [0.1, 0.15) is 17.7 Å². The molecule has 1 N–H and O–H groups in total. The third kappa shape index (κ3) is 4.94. The van der Waals surface area contributed by atoms with Crippen molar-refractivity contribution in [2.45, 2.75) is 19.9 Å². The van der Waals surface area contributed by atoms with Gasteiger partial charge in [-0.05, 0) is 31.5 Å². The lowest BCUT2D eigenvalue weighted by molar-refractivity contribution is -0.138. The minimum atomic E-state index is -0.901. The highest BCUT2D eigenvalue weighted by Gasteiger charge is 2.30. The van der Waals surface area contributed by atoms with E-state index in [1.165, 1.54) is 0 Å². The predicted molar refractivity (Wildman–Crippen MR) is 112 cm³/mol. The second-order valence-electron chi connectivity index (χ2n) is 6.47. The monoisotopic (exact) mass is 430 g/mol. The minimum Gasteiger partial charge on any atom is -0.463 e. The quantitative estimate of drug-likeness (QED) is 0.543. The third-order valence-electron chi connectivity index (χ3n) is 4.40. The lowest BCUT2D eigenvalue weighted by Crippen LogP contribution is -2.31. The smallest absolute Gasteiger partial charge is 0.338 e. The van der Waals surface area contributed by atoms with Crippen LogP contribution < -0.4 is 5.32 Å². The summed E-state index contributed by atoms with van der Waals surface area (Å²) >= 11 is 1.09. The molecule has 5 nitrogen and oxygen atoms in total. The fraction of sp³-hybridized carbons (Fsp3) is 0.227. The Kier molecular flexibility index (Phi) is 6.99. The zero-order chi connectivity index (χ0) is 21.7. The molecule has 1 aliphatic rings. The molecule has 0 unspecified atom stereocenters. The topological polar surface area (TPSA) is 67.8 Å². The highest BCUT2D eigenvalue weighted by atomic mass is 32.2. The van der Waals surface area contributed by atoms with E-state index in [-0.39, 0.29) is 17.9 Å². The van der Waals surface area contributed by atoms with Gasteiger partial charge in [-0.3, -0.25) is 4.79 Å². The second kappa shape index (κ2) is 9.67. The van der Waals surface area contributed by atoms with E-state index in [1.54, 1.807) is 13.8 Å². The van der Waals surface area contributed by atoms with Gasteiger partial charge >= 0.3 is 5.97 Å². The van der Waals surface area contributed by atoms with Gasteiger partial charge in [-0.25, -0.2) is 18.6 Å². The summed E-state index contributed by atoms with van der Waals surface area (Å²) in [6.45, 7) is 3.70. The molecule has 2 aromatic carbocycles. The number of rotatable bonds is 6. The maximum absolute atomic E-state index is 13.8. The van der Waals surface area contributed by atoms with Crippen LogP contribution in [0.5, 0.6) is 0 Å². The van der Waals surface area contributed by atoms with E-state index in [4.69, 9.17) is 4.74 Å². The number of hydrogen-bond acceptors (Lipinski definition) is 6. The number of benzene rings is 2. The molecule has 0 aromatic heterocycles. The Hall–Kier alpha value is -3.00. The highest BCUT2D eigenvalue weighted by Crippen LogP contribution is 2.33. The summed E-state index contributed by atoms with van der Waals surface area (Å²) in [4.78, 5) is 29.4.